The van der Waals surface area contributed by atoms with Crippen LogP contribution in [0.4, 0.5) is 0 Å². The summed E-state index contributed by atoms with van der Waals surface area (Å²) in [6.45, 7) is 8.14. The number of phosphoric ester groups is 1. The van der Waals surface area contributed by atoms with Gasteiger partial charge in [-0.05, 0) is 27.7 Å². The molecule has 0 radical (unpaired) electrons. The Kier molecular flexibility index (Phi) is 13.1. The minimum absolute atomic E-state index is 0.250. The first-order valence-corrected chi connectivity index (χ1v) is 6.20. The molecular weight excluding hydrogens is 207 g/mol. The maximum absolute atomic E-state index is 11.3. The summed E-state index contributed by atoms with van der Waals surface area (Å²) in [5, 5.41) is 7.57. The van der Waals surface area contributed by atoms with Crippen LogP contribution in [0.15, 0.2) is 0 Å². The number of rotatable bonds is 6. The molecule has 0 aliphatic rings. The van der Waals surface area contributed by atoms with Crippen molar-refractivity contribution in [1.82, 2.24) is 0 Å². The van der Waals surface area contributed by atoms with E-state index in [-0.39, 0.29) is 6.61 Å². The predicted molar refractivity (Wildman–Crippen MR) is 55.2 cm³/mol. The van der Waals surface area contributed by atoms with Crippen molar-refractivity contribution in [3.05, 3.63) is 0 Å². The third kappa shape index (κ3) is 10.2. The van der Waals surface area contributed by atoms with Crippen LogP contribution in [0.25, 0.3) is 0 Å². The lowest BCUT2D eigenvalue weighted by Gasteiger charge is -2.14. The molecule has 0 amide bonds. The Bertz CT molecular complexity index is 127. The lowest BCUT2D eigenvalue weighted by Crippen LogP contribution is -1.99. The van der Waals surface area contributed by atoms with Crippen molar-refractivity contribution >= 4 is 7.82 Å². The summed E-state index contributed by atoms with van der Waals surface area (Å²) < 4.78 is 25.8. The predicted octanol–water partition coefficient (Wildman–Crippen LogP) is 2.20. The van der Waals surface area contributed by atoms with E-state index in [1.54, 1.807) is 27.7 Å². The van der Waals surface area contributed by atoms with E-state index in [4.69, 9.17) is 18.7 Å². The number of hydrogen-bond acceptors (Lipinski definition) is 5. The fourth-order valence-corrected chi connectivity index (χ4v) is 1.76. The standard InChI is InChI=1S/C6H15O4P.C2H6O/c1-4-8-11(7,9-5-2)10-6-3;1-2-3/h4-6H2,1-3H3;3H,2H2,1H3. The second kappa shape index (κ2) is 11.1. The first-order chi connectivity index (χ1) is 6.60. The molecule has 5 nitrogen and oxygen atoms in total. The molecule has 0 atom stereocenters. The fraction of sp³-hybridized carbons (Fsp3) is 1.00. The molecule has 0 aromatic heterocycles. The van der Waals surface area contributed by atoms with Gasteiger partial charge in [-0.15, -0.1) is 0 Å². The normalized spacial score (nSPS) is 10.6. The van der Waals surface area contributed by atoms with Crippen molar-refractivity contribution in [3.8, 4) is 0 Å². The van der Waals surface area contributed by atoms with Crippen molar-refractivity contribution in [2.75, 3.05) is 26.4 Å². The third-order valence-electron chi connectivity index (χ3n) is 0.862. The van der Waals surface area contributed by atoms with Crippen molar-refractivity contribution in [2.45, 2.75) is 27.7 Å². The summed E-state index contributed by atoms with van der Waals surface area (Å²) >= 11 is 0. The molecule has 0 unspecified atom stereocenters. The minimum atomic E-state index is -3.22. The summed E-state index contributed by atoms with van der Waals surface area (Å²) in [5.41, 5.74) is 0. The Hall–Kier alpha value is 0.0700. The van der Waals surface area contributed by atoms with Gasteiger partial charge >= 0.3 is 7.82 Å². The van der Waals surface area contributed by atoms with Crippen LogP contribution in [0.3, 0.4) is 0 Å². The highest BCUT2D eigenvalue weighted by molar-refractivity contribution is 7.48. The largest absolute Gasteiger partial charge is 0.474 e. The second-order valence-corrected chi connectivity index (χ2v) is 3.69. The van der Waals surface area contributed by atoms with Crippen LogP contribution in [0.2, 0.25) is 0 Å². The van der Waals surface area contributed by atoms with Gasteiger partial charge < -0.3 is 5.11 Å². The van der Waals surface area contributed by atoms with E-state index in [1.165, 1.54) is 0 Å². The maximum Gasteiger partial charge on any atom is 0.474 e. The van der Waals surface area contributed by atoms with Crippen LogP contribution in [-0.4, -0.2) is 31.5 Å². The van der Waals surface area contributed by atoms with Crippen molar-refractivity contribution in [1.29, 1.82) is 0 Å². The number of aliphatic hydroxyl groups is 1. The van der Waals surface area contributed by atoms with Gasteiger partial charge in [-0.3, -0.25) is 13.6 Å². The Balaban J connectivity index is 0. The van der Waals surface area contributed by atoms with Gasteiger partial charge in [-0.2, -0.15) is 0 Å². The lowest BCUT2D eigenvalue weighted by molar-refractivity contribution is 0.126. The van der Waals surface area contributed by atoms with E-state index in [2.05, 4.69) is 0 Å². The molecule has 0 aromatic carbocycles. The van der Waals surface area contributed by atoms with Gasteiger partial charge in [0.1, 0.15) is 0 Å². The molecule has 0 bridgehead atoms. The molecule has 0 saturated carbocycles. The fourth-order valence-electron chi connectivity index (χ4n) is 0.586. The van der Waals surface area contributed by atoms with Gasteiger partial charge in [-0.1, -0.05) is 0 Å². The highest BCUT2D eigenvalue weighted by Crippen LogP contribution is 2.48. The van der Waals surface area contributed by atoms with E-state index < -0.39 is 7.82 Å². The first kappa shape index (κ1) is 16.5. The highest BCUT2D eigenvalue weighted by atomic mass is 31.2. The molecule has 0 saturated heterocycles. The molecule has 6 heteroatoms. The monoisotopic (exact) mass is 228 g/mol. The number of phosphoric acid groups is 1. The van der Waals surface area contributed by atoms with Crippen molar-refractivity contribution < 1.29 is 23.2 Å². The maximum atomic E-state index is 11.3. The van der Waals surface area contributed by atoms with Gasteiger partial charge in [-0.25, -0.2) is 4.57 Å². The second-order valence-electron chi connectivity index (χ2n) is 2.02. The van der Waals surface area contributed by atoms with Crippen molar-refractivity contribution in [2.24, 2.45) is 0 Å². The zero-order chi connectivity index (χ0) is 11.4. The molecule has 0 aliphatic heterocycles. The summed E-state index contributed by atoms with van der Waals surface area (Å²) in [7, 11) is -3.22. The SMILES string of the molecule is CCO.CCOP(=O)(OCC)OCC. The Labute approximate surface area is 86.0 Å². The number of aliphatic hydroxyl groups excluding tert-OH is 1. The Morgan fingerprint density at radius 2 is 1.14 bits per heavy atom. The van der Waals surface area contributed by atoms with Gasteiger partial charge in [0.25, 0.3) is 0 Å². The molecule has 0 rings (SSSR count). The van der Waals surface area contributed by atoms with E-state index in [0.717, 1.165) is 0 Å². The smallest absolute Gasteiger partial charge is 0.397 e. The molecule has 1 N–H and O–H groups in total. The first-order valence-electron chi connectivity index (χ1n) is 4.74. The summed E-state index contributed by atoms with van der Waals surface area (Å²) in [4.78, 5) is 0. The van der Waals surface area contributed by atoms with Crippen LogP contribution in [-0.2, 0) is 18.1 Å². The average Bonchev–Trinajstić information content (AvgIpc) is 2.06. The van der Waals surface area contributed by atoms with E-state index in [0.29, 0.717) is 19.8 Å². The zero-order valence-corrected chi connectivity index (χ0v) is 10.3. The number of hydrogen-bond donors (Lipinski definition) is 1. The van der Waals surface area contributed by atoms with E-state index in [1.807, 2.05) is 0 Å². The van der Waals surface area contributed by atoms with E-state index in [9.17, 15) is 4.57 Å². The quantitative estimate of drug-likeness (QED) is 0.706. The van der Waals surface area contributed by atoms with Gasteiger partial charge in [0.2, 0.25) is 0 Å². The summed E-state index contributed by atoms with van der Waals surface area (Å²) in [6.07, 6.45) is 0. The highest BCUT2D eigenvalue weighted by Gasteiger charge is 2.23. The Morgan fingerprint density at radius 3 is 1.29 bits per heavy atom. The molecule has 0 aliphatic carbocycles. The van der Waals surface area contributed by atoms with Gasteiger partial charge in [0, 0.05) is 6.61 Å². The van der Waals surface area contributed by atoms with Crippen LogP contribution < -0.4 is 0 Å². The molecular formula is C8H21O5P. The minimum Gasteiger partial charge on any atom is -0.397 e. The van der Waals surface area contributed by atoms with Crippen LogP contribution >= 0.6 is 7.82 Å². The molecule has 0 spiro atoms. The average molecular weight is 228 g/mol. The Morgan fingerprint density at radius 1 is 0.929 bits per heavy atom. The lowest BCUT2D eigenvalue weighted by atomic mass is 10.9. The van der Waals surface area contributed by atoms with Crippen LogP contribution in [0.1, 0.15) is 27.7 Å². The van der Waals surface area contributed by atoms with Gasteiger partial charge in [0.05, 0.1) is 19.8 Å². The molecule has 0 aromatic rings. The van der Waals surface area contributed by atoms with Gasteiger partial charge in [0.15, 0.2) is 0 Å². The molecule has 14 heavy (non-hydrogen) atoms. The molecule has 88 valence electrons. The van der Waals surface area contributed by atoms with Crippen molar-refractivity contribution in [3.63, 3.8) is 0 Å². The third-order valence-corrected chi connectivity index (χ3v) is 2.58. The zero-order valence-electron chi connectivity index (χ0n) is 9.36. The summed E-state index contributed by atoms with van der Waals surface area (Å²) in [5.74, 6) is 0. The summed E-state index contributed by atoms with van der Waals surface area (Å²) in [6, 6.07) is 0. The van der Waals surface area contributed by atoms with E-state index >= 15 is 0 Å². The molecule has 0 heterocycles. The van der Waals surface area contributed by atoms with Crippen LogP contribution in [0.5, 0.6) is 0 Å². The van der Waals surface area contributed by atoms with Crippen LogP contribution in [0, 0.1) is 0 Å². The topological polar surface area (TPSA) is 65.0 Å². The molecule has 0 fully saturated rings.